The molecule has 0 heterocycles. The molecular formula is C17H20N2O4S. The highest BCUT2D eigenvalue weighted by Crippen LogP contribution is 2.22. The quantitative estimate of drug-likeness (QED) is 0.838. The number of amides is 1. The van der Waals surface area contributed by atoms with Crippen LogP contribution >= 0.6 is 0 Å². The normalized spacial score (nSPS) is 12.5. The maximum atomic E-state index is 12.5. The second-order valence-corrected chi connectivity index (χ2v) is 6.92. The van der Waals surface area contributed by atoms with Crippen molar-refractivity contribution in [1.29, 1.82) is 0 Å². The minimum atomic E-state index is -3.76. The summed E-state index contributed by atoms with van der Waals surface area (Å²) < 4.78 is 28.2. The van der Waals surface area contributed by atoms with Crippen LogP contribution in [0.5, 0.6) is 5.75 Å². The number of nitrogens with two attached hydrogens (primary N) is 1. The average Bonchev–Trinajstić information content (AvgIpc) is 2.54. The summed E-state index contributed by atoms with van der Waals surface area (Å²) in [5.41, 5.74) is 0.874. The first-order valence-corrected chi connectivity index (χ1v) is 9.05. The minimum absolute atomic E-state index is 0.00649. The molecule has 2 aromatic rings. The molecule has 0 spiro atoms. The van der Waals surface area contributed by atoms with Crippen LogP contribution in [0.3, 0.4) is 0 Å². The summed E-state index contributed by atoms with van der Waals surface area (Å²) in [4.78, 5) is 12.4. The summed E-state index contributed by atoms with van der Waals surface area (Å²) in [5.74, 6) is 0.169. The molecule has 0 saturated carbocycles. The third-order valence-electron chi connectivity index (χ3n) is 3.48. The Labute approximate surface area is 141 Å². The maximum Gasteiger partial charge on any atom is 0.259 e. The number of ether oxygens (including phenoxy) is 1. The topological polar surface area (TPSA) is 98.5 Å². The number of carbonyl (C=O) groups is 1. The van der Waals surface area contributed by atoms with Crippen LogP contribution in [0.1, 0.15) is 30.6 Å². The fourth-order valence-corrected chi connectivity index (χ4v) is 2.50. The van der Waals surface area contributed by atoms with Crippen molar-refractivity contribution in [1.82, 2.24) is 0 Å². The van der Waals surface area contributed by atoms with Gasteiger partial charge in [0, 0.05) is 5.69 Å². The Morgan fingerprint density at radius 2 is 1.79 bits per heavy atom. The fourth-order valence-electron chi connectivity index (χ4n) is 1.98. The minimum Gasteiger partial charge on any atom is -0.490 e. The molecule has 0 fully saturated rings. The third-order valence-corrected chi connectivity index (χ3v) is 4.40. The molecule has 0 aliphatic rings. The average molecular weight is 348 g/mol. The molecule has 2 aromatic carbocycles. The molecule has 128 valence electrons. The zero-order chi connectivity index (χ0) is 17.7. The van der Waals surface area contributed by atoms with Gasteiger partial charge in [0.2, 0.25) is 10.0 Å². The van der Waals surface area contributed by atoms with E-state index in [-0.39, 0.29) is 16.9 Å². The largest absolute Gasteiger partial charge is 0.490 e. The number of primary sulfonamides is 1. The van der Waals surface area contributed by atoms with Gasteiger partial charge < -0.3 is 10.1 Å². The number of nitrogens with one attached hydrogen (secondary N) is 1. The van der Waals surface area contributed by atoms with Gasteiger partial charge in [-0.15, -0.1) is 0 Å². The van der Waals surface area contributed by atoms with Crippen LogP contribution in [0, 0.1) is 0 Å². The molecule has 1 amide bonds. The van der Waals surface area contributed by atoms with Crippen molar-refractivity contribution in [3.63, 3.8) is 0 Å². The highest BCUT2D eigenvalue weighted by molar-refractivity contribution is 7.89. The Balaban J connectivity index is 2.18. The molecule has 1 unspecified atom stereocenters. The lowest BCUT2D eigenvalue weighted by Gasteiger charge is -2.16. The SMILES string of the molecule is CCC(C)Oc1ccccc1C(=O)Nc1ccc(S(N)(=O)=O)cc1. The smallest absolute Gasteiger partial charge is 0.259 e. The lowest BCUT2D eigenvalue weighted by molar-refractivity contribution is 0.102. The number of hydrogen-bond donors (Lipinski definition) is 2. The first-order chi connectivity index (χ1) is 11.3. The van der Waals surface area contributed by atoms with E-state index in [1.165, 1.54) is 24.3 Å². The van der Waals surface area contributed by atoms with Crippen LogP contribution in [-0.2, 0) is 10.0 Å². The lowest BCUT2D eigenvalue weighted by atomic mass is 10.1. The molecule has 0 aliphatic carbocycles. The van der Waals surface area contributed by atoms with Crippen LogP contribution < -0.4 is 15.2 Å². The Bertz CT molecular complexity index is 817. The highest BCUT2D eigenvalue weighted by atomic mass is 32.2. The number of anilines is 1. The molecule has 1 atom stereocenters. The molecule has 0 saturated heterocycles. The number of sulfonamides is 1. The van der Waals surface area contributed by atoms with Crippen molar-refractivity contribution in [2.24, 2.45) is 5.14 Å². The van der Waals surface area contributed by atoms with Gasteiger partial charge in [0.15, 0.2) is 0 Å². The first kappa shape index (κ1) is 18.0. The van der Waals surface area contributed by atoms with Crippen LogP contribution in [0.4, 0.5) is 5.69 Å². The monoisotopic (exact) mass is 348 g/mol. The number of hydrogen-bond acceptors (Lipinski definition) is 4. The van der Waals surface area contributed by atoms with Crippen molar-refractivity contribution < 1.29 is 17.9 Å². The van der Waals surface area contributed by atoms with Gasteiger partial charge in [-0.05, 0) is 49.7 Å². The van der Waals surface area contributed by atoms with Gasteiger partial charge in [-0.2, -0.15) is 0 Å². The Morgan fingerprint density at radius 3 is 2.38 bits per heavy atom. The zero-order valence-corrected chi connectivity index (χ0v) is 14.3. The van der Waals surface area contributed by atoms with Crippen molar-refractivity contribution in [3.8, 4) is 5.75 Å². The van der Waals surface area contributed by atoms with Gasteiger partial charge in [0.25, 0.3) is 5.91 Å². The van der Waals surface area contributed by atoms with E-state index in [9.17, 15) is 13.2 Å². The summed E-state index contributed by atoms with van der Waals surface area (Å²) in [5, 5.41) is 7.76. The van der Waals surface area contributed by atoms with Crippen molar-refractivity contribution >= 4 is 21.6 Å². The van der Waals surface area contributed by atoms with Crippen molar-refractivity contribution in [2.75, 3.05) is 5.32 Å². The predicted octanol–water partition coefficient (Wildman–Crippen LogP) is 2.76. The van der Waals surface area contributed by atoms with Gasteiger partial charge >= 0.3 is 0 Å². The Morgan fingerprint density at radius 1 is 1.17 bits per heavy atom. The maximum absolute atomic E-state index is 12.5. The third kappa shape index (κ3) is 4.56. The summed E-state index contributed by atoms with van der Waals surface area (Å²) in [6, 6.07) is 12.6. The van der Waals surface area contributed by atoms with Crippen LogP contribution in [0.15, 0.2) is 53.4 Å². The highest BCUT2D eigenvalue weighted by Gasteiger charge is 2.14. The molecule has 2 rings (SSSR count). The predicted molar refractivity (Wildman–Crippen MR) is 92.6 cm³/mol. The first-order valence-electron chi connectivity index (χ1n) is 7.51. The summed E-state index contributed by atoms with van der Waals surface area (Å²) >= 11 is 0. The number of para-hydroxylation sites is 1. The van der Waals surface area contributed by atoms with Gasteiger partial charge in [-0.3, -0.25) is 4.79 Å². The van der Waals surface area contributed by atoms with Crippen LogP contribution in [-0.4, -0.2) is 20.4 Å². The van der Waals surface area contributed by atoms with Gasteiger partial charge in [0.1, 0.15) is 5.75 Å². The molecule has 3 N–H and O–H groups in total. The summed E-state index contributed by atoms with van der Waals surface area (Å²) in [6.07, 6.45) is 0.818. The molecule has 0 aliphatic heterocycles. The van der Waals surface area contributed by atoms with E-state index in [4.69, 9.17) is 9.88 Å². The zero-order valence-electron chi connectivity index (χ0n) is 13.5. The van der Waals surface area contributed by atoms with E-state index in [1.54, 1.807) is 24.3 Å². The summed E-state index contributed by atoms with van der Waals surface area (Å²) in [6.45, 7) is 3.93. The molecular weight excluding hydrogens is 328 g/mol. The van der Waals surface area contributed by atoms with Crippen LogP contribution in [0.25, 0.3) is 0 Å². The number of carbonyl (C=O) groups excluding carboxylic acids is 1. The van der Waals surface area contributed by atoms with E-state index in [2.05, 4.69) is 5.32 Å². The van der Waals surface area contributed by atoms with Crippen molar-refractivity contribution in [3.05, 3.63) is 54.1 Å². The van der Waals surface area contributed by atoms with E-state index >= 15 is 0 Å². The van der Waals surface area contributed by atoms with Crippen molar-refractivity contribution in [2.45, 2.75) is 31.3 Å². The summed E-state index contributed by atoms with van der Waals surface area (Å²) in [7, 11) is -3.76. The van der Waals surface area contributed by atoms with Gasteiger partial charge in [-0.1, -0.05) is 19.1 Å². The number of benzene rings is 2. The fraction of sp³-hybridized carbons (Fsp3) is 0.235. The Hall–Kier alpha value is -2.38. The molecule has 6 nitrogen and oxygen atoms in total. The van der Waals surface area contributed by atoms with E-state index in [1.807, 2.05) is 13.8 Å². The van der Waals surface area contributed by atoms with E-state index in [0.29, 0.717) is 17.0 Å². The lowest BCUT2D eigenvalue weighted by Crippen LogP contribution is -2.17. The van der Waals surface area contributed by atoms with E-state index in [0.717, 1.165) is 6.42 Å². The molecule has 24 heavy (non-hydrogen) atoms. The van der Waals surface area contributed by atoms with E-state index < -0.39 is 10.0 Å². The second-order valence-electron chi connectivity index (χ2n) is 5.36. The van der Waals surface area contributed by atoms with Gasteiger partial charge in [-0.25, -0.2) is 13.6 Å². The molecule has 0 aromatic heterocycles. The molecule has 7 heteroatoms. The van der Waals surface area contributed by atoms with Crippen LogP contribution in [0.2, 0.25) is 0 Å². The Kier molecular flexibility index (Phi) is 5.58. The standard InChI is InChI=1S/C17H20N2O4S/c1-3-12(2)23-16-7-5-4-6-15(16)17(20)19-13-8-10-14(11-9-13)24(18,21)22/h4-12H,3H2,1-2H3,(H,19,20)(H2,18,21,22). The number of rotatable bonds is 6. The van der Waals surface area contributed by atoms with Gasteiger partial charge in [0.05, 0.1) is 16.6 Å². The second kappa shape index (κ2) is 7.46. The molecule has 0 radical (unpaired) electrons. The molecule has 0 bridgehead atoms.